The van der Waals surface area contributed by atoms with Crippen molar-refractivity contribution >= 4 is 17.1 Å². The van der Waals surface area contributed by atoms with Crippen LogP contribution in [-0.2, 0) is 11.3 Å². The Bertz CT molecular complexity index is 1200. The van der Waals surface area contributed by atoms with E-state index in [0.29, 0.717) is 18.0 Å². The third-order valence-corrected chi connectivity index (χ3v) is 4.85. The Balaban J connectivity index is 1.38. The van der Waals surface area contributed by atoms with E-state index < -0.39 is 6.16 Å². The first-order chi connectivity index (χ1) is 16.2. The number of carbonyl (C=O) groups is 1. The zero-order chi connectivity index (χ0) is 23.0. The fourth-order valence-electron chi connectivity index (χ4n) is 3.35. The lowest BCUT2D eigenvalue weighted by Gasteiger charge is -2.08. The van der Waals surface area contributed by atoms with Gasteiger partial charge in [-0.2, -0.15) is 4.98 Å². The lowest BCUT2D eigenvalue weighted by molar-refractivity contribution is 0.102. The Morgan fingerprint density at radius 1 is 1.21 bits per heavy atom. The van der Waals surface area contributed by atoms with E-state index in [9.17, 15) is 4.79 Å². The second kappa shape index (κ2) is 10.6. The first kappa shape index (κ1) is 22.3. The number of fused-ring (bicyclic) bond motifs is 1. The Kier molecular flexibility index (Phi) is 7.21. The summed E-state index contributed by atoms with van der Waals surface area (Å²) in [5.74, 6) is 1.37. The van der Waals surface area contributed by atoms with Crippen LogP contribution in [0, 0.1) is 6.92 Å². The number of ether oxygens (including phenoxy) is 3. The highest BCUT2D eigenvalue weighted by atomic mass is 16.7. The summed E-state index contributed by atoms with van der Waals surface area (Å²) >= 11 is 0. The fourth-order valence-corrected chi connectivity index (χ4v) is 3.35. The van der Waals surface area contributed by atoms with Crippen molar-refractivity contribution in [2.45, 2.75) is 26.8 Å². The van der Waals surface area contributed by atoms with Crippen LogP contribution in [0.4, 0.5) is 4.79 Å². The predicted octanol–water partition coefficient (Wildman–Crippen LogP) is 4.89. The highest BCUT2D eigenvalue weighted by Gasteiger charge is 2.21. The number of nitrogens with zero attached hydrogens (tertiary/aromatic N) is 2. The number of hydrogen-bond acceptors (Lipinski definition) is 9. The molecule has 0 aliphatic carbocycles. The van der Waals surface area contributed by atoms with E-state index in [1.54, 1.807) is 13.1 Å². The van der Waals surface area contributed by atoms with Gasteiger partial charge in [-0.1, -0.05) is 12.1 Å². The van der Waals surface area contributed by atoms with Crippen LogP contribution in [-0.4, -0.2) is 35.9 Å². The second-order valence-corrected chi connectivity index (χ2v) is 7.20. The average Bonchev–Trinajstić information content (AvgIpc) is 3.41. The van der Waals surface area contributed by atoms with Crippen molar-refractivity contribution in [2.24, 2.45) is 0 Å². The van der Waals surface area contributed by atoms with Gasteiger partial charge in [-0.05, 0) is 50.6 Å². The van der Waals surface area contributed by atoms with E-state index in [0.717, 1.165) is 41.8 Å². The van der Waals surface area contributed by atoms with E-state index >= 15 is 0 Å². The third-order valence-electron chi connectivity index (χ3n) is 4.85. The van der Waals surface area contributed by atoms with E-state index in [1.807, 2.05) is 43.5 Å². The molecule has 0 bridgehead atoms. The van der Waals surface area contributed by atoms with Crippen molar-refractivity contribution in [1.82, 2.24) is 15.3 Å². The van der Waals surface area contributed by atoms with E-state index in [4.69, 9.17) is 23.0 Å². The lowest BCUT2D eigenvalue weighted by atomic mass is 10.1. The van der Waals surface area contributed by atoms with Crippen LogP contribution in [0.3, 0.4) is 0 Å². The van der Waals surface area contributed by atoms with Crippen LogP contribution in [0.25, 0.3) is 22.6 Å². The zero-order valence-electron chi connectivity index (χ0n) is 18.5. The fraction of sp³-hybridized carbons (Fsp3) is 0.292. The molecule has 4 aromatic rings. The molecular weight excluding hydrogens is 426 g/mol. The van der Waals surface area contributed by atoms with Crippen molar-refractivity contribution < 1.29 is 27.8 Å². The summed E-state index contributed by atoms with van der Waals surface area (Å²) in [6.45, 7) is 5.93. The van der Waals surface area contributed by atoms with Gasteiger partial charge in [0.15, 0.2) is 12.0 Å². The molecular formula is C24H25N3O6. The highest BCUT2D eigenvalue weighted by Crippen LogP contribution is 2.38. The molecule has 1 N–H and O–H groups in total. The third kappa shape index (κ3) is 5.50. The van der Waals surface area contributed by atoms with Gasteiger partial charge in [0.1, 0.15) is 11.3 Å². The molecule has 9 heteroatoms. The van der Waals surface area contributed by atoms with Crippen molar-refractivity contribution in [3.8, 4) is 23.3 Å². The minimum absolute atomic E-state index is 0.00133. The van der Waals surface area contributed by atoms with Crippen LogP contribution in [0.2, 0.25) is 0 Å². The first-order valence-electron chi connectivity index (χ1n) is 10.7. The maximum Gasteiger partial charge on any atom is 0.515 e. The molecule has 0 saturated heterocycles. The van der Waals surface area contributed by atoms with Crippen LogP contribution in [0.15, 0.2) is 57.8 Å². The normalized spacial score (nSPS) is 11.0. The molecule has 172 valence electrons. The number of rotatable bonds is 10. The van der Waals surface area contributed by atoms with Crippen LogP contribution in [0.1, 0.15) is 24.5 Å². The summed E-state index contributed by atoms with van der Waals surface area (Å²) in [5, 5.41) is 4.23. The molecule has 3 heterocycles. The number of nitrogens with one attached hydrogen (secondary N) is 1. The van der Waals surface area contributed by atoms with Gasteiger partial charge >= 0.3 is 6.16 Å². The van der Waals surface area contributed by atoms with Gasteiger partial charge in [-0.3, -0.25) is 4.98 Å². The number of hydrogen-bond donors (Lipinski definition) is 1. The largest absolute Gasteiger partial charge is 0.515 e. The standard InChI is InChI=1S/C24H25N3O6/c1-3-29-24(28)33-20-15-31-23(27-20)22-16(2)21-18(8-4-9-19(21)32-22)30-12-6-11-26-14-17-7-5-10-25-13-17/h4-5,7-10,13,15,26H,3,6,11-12,14H2,1-2H3. The summed E-state index contributed by atoms with van der Waals surface area (Å²) < 4.78 is 27.2. The molecule has 0 saturated carbocycles. The summed E-state index contributed by atoms with van der Waals surface area (Å²) in [4.78, 5) is 19.8. The minimum Gasteiger partial charge on any atom is -0.493 e. The van der Waals surface area contributed by atoms with Gasteiger partial charge in [-0.25, -0.2) is 4.79 Å². The van der Waals surface area contributed by atoms with E-state index in [2.05, 4.69) is 15.3 Å². The molecule has 4 rings (SSSR count). The maximum atomic E-state index is 11.5. The molecule has 0 spiro atoms. The average molecular weight is 451 g/mol. The first-order valence-corrected chi connectivity index (χ1v) is 10.7. The quantitative estimate of drug-likeness (QED) is 0.266. The van der Waals surface area contributed by atoms with Gasteiger partial charge in [-0.15, -0.1) is 0 Å². The summed E-state index contributed by atoms with van der Waals surface area (Å²) in [7, 11) is 0. The van der Waals surface area contributed by atoms with Gasteiger partial charge in [0, 0.05) is 24.5 Å². The molecule has 0 radical (unpaired) electrons. The van der Waals surface area contributed by atoms with Crippen molar-refractivity contribution in [3.63, 3.8) is 0 Å². The number of oxazole rings is 1. The molecule has 9 nitrogen and oxygen atoms in total. The zero-order valence-corrected chi connectivity index (χ0v) is 18.5. The molecule has 0 unspecified atom stereocenters. The van der Waals surface area contributed by atoms with Crippen molar-refractivity contribution in [3.05, 3.63) is 60.1 Å². The molecule has 0 fully saturated rings. The Morgan fingerprint density at radius 2 is 2.12 bits per heavy atom. The molecule has 0 aliphatic rings. The monoisotopic (exact) mass is 451 g/mol. The Morgan fingerprint density at radius 3 is 2.94 bits per heavy atom. The molecule has 0 atom stereocenters. The molecule has 3 aromatic heterocycles. The minimum atomic E-state index is -0.843. The highest BCUT2D eigenvalue weighted by molar-refractivity contribution is 5.91. The van der Waals surface area contributed by atoms with Gasteiger partial charge in [0.2, 0.25) is 0 Å². The Hall–Kier alpha value is -3.85. The summed E-state index contributed by atoms with van der Waals surface area (Å²) in [6.07, 6.45) is 4.84. The van der Waals surface area contributed by atoms with Gasteiger partial charge < -0.3 is 28.4 Å². The van der Waals surface area contributed by atoms with Gasteiger partial charge in [0.05, 0.1) is 18.6 Å². The molecule has 33 heavy (non-hydrogen) atoms. The number of aryl methyl sites for hydroxylation is 1. The molecule has 0 aliphatic heterocycles. The smallest absolute Gasteiger partial charge is 0.493 e. The summed E-state index contributed by atoms with van der Waals surface area (Å²) in [5.41, 5.74) is 2.62. The van der Waals surface area contributed by atoms with Crippen molar-refractivity contribution in [2.75, 3.05) is 19.8 Å². The number of carbonyl (C=O) groups excluding carboxylic acids is 1. The van der Waals surface area contributed by atoms with Crippen LogP contribution in [0.5, 0.6) is 11.6 Å². The van der Waals surface area contributed by atoms with E-state index in [1.165, 1.54) is 6.26 Å². The van der Waals surface area contributed by atoms with Crippen molar-refractivity contribution in [1.29, 1.82) is 0 Å². The second-order valence-electron chi connectivity index (χ2n) is 7.20. The topological polar surface area (TPSA) is 109 Å². The SMILES string of the molecule is CCOC(=O)Oc1coc(-c2oc3cccc(OCCCNCc4cccnc4)c3c2C)n1. The number of furan rings is 1. The molecule has 0 amide bonds. The number of benzene rings is 1. The van der Waals surface area contributed by atoms with E-state index in [-0.39, 0.29) is 18.4 Å². The maximum absolute atomic E-state index is 11.5. The number of pyridine rings is 1. The predicted molar refractivity (Wildman–Crippen MR) is 120 cm³/mol. The van der Waals surface area contributed by atoms with Crippen LogP contribution >= 0.6 is 0 Å². The lowest BCUT2D eigenvalue weighted by Crippen LogP contribution is -2.17. The van der Waals surface area contributed by atoms with Crippen LogP contribution < -0.4 is 14.8 Å². The number of aromatic nitrogens is 2. The summed E-state index contributed by atoms with van der Waals surface area (Å²) in [6, 6.07) is 9.59. The molecule has 1 aromatic carbocycles. The van der Waals surface area contributed by atoms with Gasteiger partial charge in [0.25, 0.3) is 11.8 Å². The Labute approximate surface area is 190 Å².